The molecule has 1 aliphatic heterocycles. The number of pyridine rings is 1. The summed E-state index contributed by atoms with van der Waals surface area (Å²) in [5.41, 5.74) is 0.273. The lowest BCUT2D eigenvalue weighted by molar-refractivity contribution is -0.215. The molecule has 0 spiro atoms. The van der Waals surface area contributed by atoms with Crippen LogP contribution in [0.2, 0.25) is 0 Å². The molecule has 21 heavy (non-hydrogen) atoms. The Balaban J connectivity index is 2.12. The molecule has 0 bridgehead atoms. The van der Waals surface area contributed by atoms with Gasteiger partial charge in [0.05, 0.1) is 6.54 Å². The lowest BCUT2D eigenvalue weighted by Crippen LogP contribution is -2.52. The summed E-state index contributed by atoms with van der Waals surface area (Å²) in [4.78, 5) is 17.9. The van der Waals surface area contributed by atoms with Crippen LogP contribution in [-0.4, -0.2) is 45.6 Å². The van der Waals surface area contributed by atoms with E-state index in [0.717, 1.165) is 18.4 Å². The van der Waals surface area contributed by atoms with E-state index in [9.17, 15) is 15.0 Å². The van der Waals surface area contributed by atoms with Crippen LogP contribution in [0.25, 0.3) is 0 Å². The average Bonchev–Trinajstić information content (AvgIpc) is 2.37. The van der Waals surface area contributed by atoms with Gasteiger partial charge in [0.1, 0.15) is 11.4 Å². The quantitative estimate of drug-likeness (QED) is 0.635. The lowest BCUT2D eigenvalue weighted by Gasteiger charge is -2.34. The third-order valence-electron chi connectivity index (χ3n) is 3.18. The van der Waals surface area contributed by atoms with Gasteiger partial charge in [-0.3, -0.25) is 0 Å². The van der Waals surface area contributed by atoms with Crippen LogP contribution in [0.5, 0.6) is 0 Å². The van der Waals surface area contributed by atoms with E-state index >= 15 is 0 Å². The van der Waals surface area contributed by atoms with Gasteiger partial charge in [-0.1, -0.05) is 6.07 Å². The van der Waals surface area contributed by atoms with E-state index in [-0.39, 0.29) is 6.54 Å². The number of ether oxygens (including phenoxy) is 1. The molecule has 2 heterocycles. The highest BCUT2D eigenvalue weighted by Crippen LogP contribution is 2.26. The Morgan fingerprint density at radius 2 is 2.14 bits per heavy atom. The Labute approximate surface area is 124 Å². The highest BCUT2D eigenvalue weighted by molar-refractivity contribution is 5.78. The lowest BCUT2D eigenvalue weighted by atomic mass is 10.0. The van der Waals surface area contributed by atoms with Crippen LogP contribution in [0.4, 0.5) is 5.82 Å². The zero-order valence-electron chi connectivity index (χ0n) is 12.7. The van der Waals surface area contributed by atoms with Gasteiger partial charge >= 0.3 is 5.97 Å². The van der Waals surface area contributed by atoms with Crippen molar-refractivity contribution in [2.45, 2.75) is 45.0 Å². The fourth-order valence-electron chi connectivity index (χ4n) is 2.32. The first kappa shape index (κ1) is 15.7. The molecule has 0 saturated carbocycles. The minimum atomic E-state index is -2.56. The molecule has 2 rings (SSSR count). The van der Waals surface area contributed by atoms with Crippen molar-refractivity contribution in [2.24, 2.45) is 0 Å². The fourth-order valence-corrected chi connectivity index (χ4v) is 2.32. The maximum absolute atomic E-state index is 11.9. The molecule has 116 valence electrons. The van der Waals surface area contributed by atoms with E-state index in [0.29, 0.717) is 12.4 Å². The first-order valence-electron chi connectivity index (χ1n) is 7.06. The first-order chi connectivity index (χ1) is 9.69. The largest absolute Gasteiger partial charge is 0.456 e. The van der Waals surface area contributed by atoms with Gasteiger partial charge in [-0.15, -0.1) is 0 Å². The summed E-state index contributed by atoms with van der Waals surface area (Å²) in [5.74, 6) is -2.91. The van der Waals surface area contributed by atoms with Crippen LogP contribution in [0.1, 0.15) is 32.8 Å². The molecule has 0 aromatic carbocycles. The molecule has 0 unspecified atom stereocenters. The number of carbonyl (C=O) groups is 1. The second kappa shape index (κ2) is 5.61. The number of esters is 1. The molecule has 2 N–H and O–H groups in total. The third-order valence-corrected chi connectivity index (χ3v) is 3.18. The first-order valence-corrected chi connectivity index (χ1v) is 7.06. The van der Waals surface area contributed by atoms with Crippen LogP contribution in [0.15, 0.2) is 18.3 Å². The summed E-state index contributed by atoms with van der Waals surface area (Å²) in [6.45, 7) is 5.40. The number of aromatic nitrogens is 1. The molecular weight excluding hydrogens is 272 g/mol. The van der Waals surface area contributed by atoms with Crippen molar-refractivity contribution in [1.82, 2.24) is 4.98 Å². The van der Waals surface area contributed by atoms with Gasteiger partial charge in [-0.25, -0.2) is 9.78 Å². The number of rotatable bonds is 3. The topological polar surface area (TPSA) is 82.9 Å². The van der Waals surface area contributed by atoms with Crippen molar-refractivity contribution in [3.8, 4) is 0 Å². The molecular formula is C15H22N2O4. The number of hydrogen-bond donors (Lipinski definition) is 2. The Hall–Kier alpha value is -1.66. The Bertz CT molecular complexity index is 523. The summed E-state index contributed by atoms with van der Waals surface area (Å²) < 4.78 is 5.05. The third kappa shape index (κ3) is 3.92. The minimum absolute atomic E-state index is 0.258. The smallest absolute Gasteiger partial charge is 0.368 e. The van der Waals surface area contributed by atoms with Crippen LogP contribution in [0.3, 0.4) is 0 Å². The number of fused-ring (bicyclic) bond motifs is 1. The van der Waals surface area contributed by atoms with Gasteiger partial charge in [0.25, 0.3) is 5.79 Å². The molecule has 1 aliphatic rings. The Morgan fingerprint density at radius 1 is 1.43 bits per heavy atom. The Morgan fingerprint density at radius 3 is 2.81 bits per heavy atom. The SMILES string of the molecule is CC(C)(C)OC(=O)C(O)(O)CN1CCCc2cccnc21. The highest BCUT2D eigenvalue weighted by Gasteiger charge is 2.40. The van der Waals surface area contributed by atoms with Gasteiger partial charge in [-0.05, 0) is 45.2 Å². The average molecular weight is 294 g/mol. The van der Waals surface area contributed by atoms with E-state index in [1.165, 1.54) is 0 Å². The highest BCUT2D eigenvalue weighted by atomic mass is 16.6. The van der Waals surface area contributed by atoms with Crippen molar-refractivity contribution in [3.63, 3.8) is 0 Å². The minimum Gasteiger partial charge on any atom is -0.456 e. The maximum atomic E-state index is 11.9. The van der Waals surface area contributed by atoms with E-state index in [1.54, 1.807) is 31.9 Å². The molecule has 0 amide bonds. The van der Waals surface area contributed by atoms with Gasteiger partial charge in [0.15, 0.2) is 0 Å². The molecule has 0 aliphatic carbocycles. The predicted octanol–water partition coefficient (Wildman–Crippen LogP) is 0.857. The van der Waals surface area contributed by atoms with Crippen LogP contribution in [-0.2, 0) is 16.0 Å². The number of β-amino-alcohol motifs (C(OH)–C–C–N with tert-alkyl or cyclic N) is 2. The van der Waals surface area contributed by atoms with Crippen LogP contribution >= 0.6 is 0 Å². The van der Waals surface area contributed by atoms with E-state index in [1.807, 2.05) is 12.1 Å². The monoisotopic (exact) mass is 294 g/mol. The van der Waals surface area contributed by atoms with E-state index in [2.05, 4.69) is 4.98 Å². The van der Waals surface area contributed by atoms with Gasteiger partial charge in [0, 0.05) is 12.7 Å². The number of aryl methyl sites for hydroxylation is 1. The van der Waals surface area contributed by atoms with E-state index in [4.69, 9.17) is 4.74 Å². The van der Waals surface area contributed by atoms with Crippen molar-refractivity contribution < 1.29 is 19.7 Å². The molecule has 0 radical (unpaired) electrons. The molecule has 6 heteroatoms. The zero-order valence-corrected chi connectivity index (χ0v) is 12.7. The van der Waals surface area contributed by atoms with Crippen LogP contribution < -0.4 is 4.90 Å². The maximum Gasteiger partial charge on any atom is 0.368 e. The second-order valence-electron chi connectivity index (χ2n) is 6.33. The van der Waals surface area contributed by atoms with Gasteiger partial charge in [0.2, 0.25) is 0 Å². The summed E-state index contributed by atoms with van der Waals surface area (Å²) in [6, 6.07) is 3.81. The summed E-state index contributed by atoms with van der Waals surface area (Å²) in [6.07, 6.45) is 3.43. The number of anilines is 1. The number of nitrogens with zero attached hydrogens (tertiary/aromatic N) is 2. The van der Waals surface area contributed by atoms with Crippen LogP contribution in [0, 0.1) is 0 Å². The van der Waals surface area contributed by atoms with Crippen molar-refractivity contribution in [3.05, 3.63) is 23.9 Å². The van der Waals surface area contributed by atoms with E-state index < -0.39 is 17.4 Å². The number of carbonyl (C=O) groups excluding carboxylic acids is 1. The molecule has 6 nitrogen and oxygen atoms in total. The zero-order chi connectivity index (χ0) is 15.7. The summed E-state index contributed by atoms with van der Waals surface area (Å²) in [5, 5.41) is 20.1. The van der Waals surface area contributed by atoms with Crippen molar-refractivity contribution >= 4 is 11.8 Å². The van der Waals surface area contributed by atoms with Crippen molar-refractivity contribution in [2.75, 3.05) is 18.0 Å². The number of hydrogen-bond acceptors (Lipinski definition) is 6. The van der Waals surface area contributed by atoms with Crippen molar-refractivity contribution in [1.29, 1.82) is 0 Å². The standard InChI is InChI=1S/C15H22N2O4/c1-14(2,3)21-13(18)15(19,20)10-17-9-5-7-11-6-4-8-16-12(11)17/h4,6,8,19-20H,5,7,9-10H2,1-3H3. The number of aliphatic hydroxyl groups is 2. The predicted molar refractivity (Wildman–Crippen MR) is 77.8 cm³/mol. The second-order valence-corrected chi connectivity index (χ2v) is 6.33. The summed E-state index contributed by atoms with van der Waals surface area (Å²) in [7, 11) is 0. The Kier molecular flexibility index (Phi) is 4.20. The fraction of sp³-hybridized carbons (Fsp3) is 0.600. The normalized spacial score (nSPS) is 15.6. The van der Waals surface area contributed by atoms with Gasteiger partial charge < -0.3 is 19.8 Å². The van der Waals surface area contributed by atoms with Gasteiger partial charge in [-0.2, -0.15) is 0 Å². The molecule has 1 aromatic heterocycles. The molecule has 1 aromatic rings. The summed E-state index contributed by atoms with van der Waals surface area (Å²) >= 11 is 0. The molecule has 0 saturated heterocycles. The molecule has 0 fully saturated rings. The molecule has 0 atom stereocenters.